The fourth-order valence-electron chi connectivity index (χ4n) is 2.04. The second-order valence-electron chi connectivity index (χ2n) is 5.63. The molecule has 0 radical (unpaired) electrons. The van der Waals surface area contributed by atoms with Crippen LogP contribution in [0.1, 0.15) is 31.9 Å². The second-order valence-corrected chi connectivity index (χ2v) is 6.49. The highest BCUT2D eigenvalue weighted by molar-refractivity contribution is 9.10. The van der Waals surface area contributed by atoms with Gasteiger partial charge in [0.2, 0.25) is 0 Å². The number of benzene rings is 2. The van der Waals surface area contributed by atoms with Gasteiger partial charge in [0.05, 0.1) is 0 Å². The normalized spacial score (nSPS) is 11.1. The van der Waals surface area contributed by atoms with E-state index in [0.29, 0.717) is 0 Å². The van der Waals surface area contributed by atoms with Crippen LogP contribution >= 0.6 is 15.9 Å². The standard InChI is InChI=1S/C18H17Br/c1-5-13-8-6-7-9-15(13)16-11-10-14(12-17(16)19)18(2,3)4/h1,6-12H,2-4H3. The summed E-state index contributed by atoms with van der Waals surface area (Å²) in [7, 11) is 0. The number of halogens is 1. The van der Waals surface area contributed by atoms with Crippen molar-refractivity contribution in [3.05, 3.63) is 58.1 Å². The number of rotatable bonds is 1. The molecule has 2 rings (SSSR count). The summed E-state index contributed by atoms with van der Waals surface area (Å²) < 4.78 is 1.09. The predicted molar refractivity (Wildman–Crippen MR) is 86.2 cm³/mol. The molecule has 0 saturated carbocycles. The predicted octanol–water partition coefficient (Wildman–Crippen LogP) is 5.39. The van der Waals surface area contributed by atoms with Crippen molar-refractivity contribution >= 4 is 15.9 Å². The highest BCUT2D eigenvalue weighted by Crippen LogP contribution is 2.34. The molecular weight excluding hydrogens is 296 g/mol. The fraction of sp³-hybridized carbons (Fsp3) is 0.222. The van der Waals surface area contributed by atoms with Gasteiger partial charge in [0.25, 0.3) is 0 Å². The zero-order valence-corrected chi connectivity index (χ0v) is 13.1. The summed E-state index contributed by atoms with van der Waals surface area (Å²) in [6.45, 7) is 6.64. The molecule has 96 valence electrons. The average molecular weight is 313 g/mol. The molecule has 0 aromatic heterocycles. The molecule has 0 atom stereocenters. The first-order chi connectivity index (χ1) is 8.93. The molecule has 0 N–H and O–H groups in total. The van der Waals surface area contributed by atoms with Crippen LogP contribution in [0.5, 0.6) is 0 Å². The van der Waals surface area contributed by atoms with Crippen LogP contribution in [-0.2, 0) is 5.41 Å². The first-order valence-corrected chi connectivity index (χ1v) is 7.09. The Balaban J connectivity index is 2.57. The maximum atomic E-state index is 5.57. The van der Waals surface area contributed by atoms with Gasteiger partial charge < -0.3 is 0 Å². The van der Waals surface area contributed by atoms with Gasteiger partial charge in [-0.3, -0.25) is 0 Å². The summed E-state index contributed by atoms with van der Waals surface area (Å²) in [6.07, 6.45) is 5.57. The quantitative estimate of drug-likeness (QED) is 0.619. The van der Waals surface area contributed by atoms with E-state index in [1.807, 2.05) is 18.2 Å². The van der Waals surface area contributed by atoms with Gasteiger partial charge in [-0.15, -0.1) is 6.42 Å². The van der Waals surface area contributed by atoms with E-state index in [-0.39, 0.29) is 5.41 Å². The summed E-state index contributed by atoms with van der Waals surface area (Å²) in [6, 6.07) is 14.5. The van der Waals surface area contributed by atoms with Crippen molar-refractivity contribution in [3.8, 4) is 23.5 Å². The molecule has 0 aliphatic rings. The largest absolute Gasteiger partial charge is 0.115 e. The average Bonchev–Trinajstić information content (AvgIpc) is 2.37. The molecule has 0 heterocycles. The monoisotopic (exact) mass is 312 g/mol. The molecular formula is C18H17Br. The molecule has 0 aliphatic carbocycles. The lowest BCUT2D eigenvalue weighted by atomic mass is 9.86. The van der Waals surface area contributed by atoms with E-state index in [2.05, 4.69) is 66.9 Å². The Hall–Kier alpha value is -1.52. The van der Waals surface area contributed by atoms with E-state index >= 15 is 0 Å². The highest BCUT2D eigenvalue weighted by Gasteiger charge is 2.15. The molecule has 0 aliphatic heterocycles. The van der Waals surface area contributed by atoms with Crippen LogP contribution in [0.3, 0.4) is 0 Å². The van der Waals surface area contributed by atoms with E-state index in [0.717, 1.165) is 21.2 Å². The lowest BCUT2D eigenvalue weighted by molar-refractivity contribution is 0.590. The van der Waals surface area contributed by atoms with Gasteiger partial charge in [-0.2, -0.15) is 0 Å². The number of hydrogen-bond acceptors (Lipinski definition) is 0. The van der Waals surface area contributed by atoms with Gasteiger partial charge in [0.1, 0.15) is 0 Å². The van der Waals surface area contributed by atoms with Crippen LogP contribution in [0.2, 0.25) is 0 Å². The lowest BCUT2D eigenvalue weighted by Crippen LogP contribution is -2.10. The molecule has 0 bridgehead atoms. The summed E-state index contributed by atoms with van der Waals surface area (Å²) in [4.78, 5) is 0. The summed E-state index contributed by atoms with van der Waals surface area (Å²) in [5, 5.41) is 0. The van der Waals surface area contributed by atoms with Crippen LogP contribution in [0.4, 0.5) is 0 Å². The van der Waals surface area contributed by atoms with Gasteiger partial charge in [-0.05, 0) is 34.2 Å². The summed E-state index contributed by atoms with van der Waals surface area (Å²) in [5.41, 5.74) is 4.61. The molecule has 19 heavy (non-hydrogen) atoms. The Bertz CT molecular complexity index is 639. The fourth-order valence-corrected chi connectivity index (χ4v) is 2.64. The Labute approximate surface area is 124 Å². The van der Waals surface area contributed by atoms with Gasteiger partial charge >= 0.3 is 0 Å². The Morgan fingerprint density at radius 3 is 2.26 bits per heavy atom. The van der Waals surface area contributed by atoms with Crippen molar-refractivity contribution < 1.29 is 0 Å². The van der Waals surface area contributed by atoms with Crippen LogP contribution in [0, 0.1) is 12.3 Å². The van der Waals surface area contributed by atoms with E-state index in [1.54, 1.807) is 0 Å². The molecule has 0 amide bonds. The van der Waals surface area contributed by atoms with Crippen molar-refractivity contribution in [3.63, 3.8) is 0 Å². The molecule has 2 aromatic rings. The maximum absolute atomic E-state index is 5.57. The van der Waals surface area contributed by atoms with Gasteiger partial charge in [-0.25, -0.2) is 0 Å². The van der Waals surface area contributed by atoms with Crippen molar-refractivity contribution in [2.75, 3.05) is 0 Å². The smallest absolute Gasteiger partial charge is 0.0321 e. The second kappa shape index (κ2) is 5.23. The van der Waals surface area contributed by atoms with E-state index in [1.165, 1.54) is 5.56 Å². The van der Waals surface area contributed by atoms with Crippen molar-refractivity contribution in [1.82, 2.24) is 0 Å². The van der Waals surface area contributed by atoms with E-state index in [9.17, 15) is 0 Å². The Morgan fingerprint density at radius 1 is 1.00 bits per heavy atom. The summed E-state index contributed by atoms with van der Waals surface area (Å²) >= 11 is 3.67. The molecule has 0 spiro atoms. The third-order valence-electron chi connectivity index (χ3n) is 3.21. The first kappa shape index (κ1) is 13.9. The zero-order valence-electron chi connectivity index (χ0n) is 11.5. The van der Waals surface area contributed by atoms with Crippen LogP contribution in [0.15, 0.2) is 46.9 Å². The van der Waals surface area contributed by atoms with E-state index in [4.69, 9.17) is 6.42 Å². The topological polar surface area (TPSA) is 0 Å². The molecule has 0 unspecified atom stereocenters. The van der Waals surface area contributed by atoms with Crippen LogP contribution in [0.25, 0.3) is 11.1 Å². The molecule has 0 saturated heterocycles. The van der Waals surface area contributed by atoms with Crippen molar-refractivity contribution in [1.29, 1.82) is 0 Å². The first-order valence-electron chi connectivity index (χ1n) is 6.29. The summed E-state index contributed by atoms with van der Waals surface area (Å²) in [5.74, 6) is 2.75. The third-order valence-corrected chi connectivity index (χ3v) is 3.86. The Morgan fingerprint density at radius 2 is 1.68 bits per heavy atom. The van der Waals surface area contributed by atoms with Crippen molar-refractivity contribution in [2.45, 2.75) is 26.2 Å². The number of hydrogen-bond donors (Lipinski definition) is 0. The molecule has 1 heteroatoms. The minimum atomic E-state index is 0.146. The number of terminal acetylenes is 1. The van der Waals surface area contributed by atoms with Crippen LogP contribution < -0.4 is 0 Å². The van der Waals surface area contributed by atoms with Gasteiger partial charge in [0, 0.05) is 10.0 Å². The third kappa shape index (κ3) is 2.91. The molecule has 0 fully saturated rings. The van der Waals surface area contributed by atoms with Crippen molar-refractivity contribution in [2.24, 2.45) is 0 Å². The molecule has 0 nitrogen and oxygen atoms in total. The van der Waals surface area contributed by atoms with Gasteiger partial charge in [-0.1, -0.05) is 73.0 Å². The zero-order chi connectivity index (χ0) is 14.0. The highest BCUT2D eigenvalue weighted by atomic mass is 79.9. The minimum Gasteiger partial charge on any atom is -0.115 e. The van der Waals surface area contributed by atoms with Gasteiger partial charge in [0.15, 0.2) is 0 Å². The lowest BCUT2D eigenvalue weighted by Gasteiger charge is -2.20. The van der Waals surface area contributed by atoms with Crippen LogP contribution in [-0.4, -0.2) is 0 Å². The Kier molecular flexibility index (Phi) is 3.83. The maximum Gasteiger partial charge on any atom is 0.0321 e. The van der Waals surface area contributed by atoms with E-state index < -0.39 is 0 Å². The SMILES string of the molecule is C#Cc1ccccc1-c1ccc(C(C)(C)C)cc1Br. The minimum absolute atomic E-state index is 0.146. The molecule has 2 aromatic carbocycles.